The first-order valence-electron chi connectivity index (χ1n) is 12.4. The zero-order valence-electron chi connectivity index (χ0n) is 21.5. The van der Waals surface area contributed by atoms with Crippen LogP contribution in [-0.2, 0) is 20.7 Å². The van der Waals surface area contributed by atoms with Crippen molar-refractivity contribution in [3.05, 3.63) is 77.9 Å². The van der Waals surface area contributed by atoms with Crippen LogP contribution in [0.15, 0.2) is 66.7 Å². The molecule has 9 nitrogen and oxygen atoms in total. The highest BCUT2D eigenvalue weighted by atomic mass is 16.5. The quantitative estimate of drug-likeness (QED) is 0.278. The molecule has 1 aliphatic rings. The Morgan fingerprint density at radius 2 is 1.66 bits per heavy atom. The van der Waals surface area contributed by atoms with Gasteiger partial charge in [-0.05, 0) is 48.7 Å². The third kappa shape index (κ3) is 4.30. The number of amides is 1. The first-order valence-corrected chi connectivity index (χ1v) is 12.4. The SMILES string of the molecule is CCOC(=O)[C@@H]1C(=O)N(CCc2ccccc2)c2nc3ccccc3n2[C@@H]1c1cc(OC)c(O)c(OC)c1. The Labute approximate surface area is 220 Å². The Balaban J connectivity index is 1.73. The lowest BCUT2D eigenvalue weighted by atomic mass is 9.88. The van der Waals surface area contributed by atoms with Crippen LogP contribution in [0.4, 0.5) is 5.95 Å². The van der Waals surface area contributed by atoms with Gasteiger partial charge in [-0.15, -0.1) is 0 Å². The molecule has 0 saturated carbocycles. The number of para-hydroxylation sites is 2. The molecule has 1 N–H and O–H groups in total. The molecule has 2 heterocycles. The molecule has 0 bridgehead atoms. The molecule has 4 aromatic rings. The van der Waals surface area contributed by atoms with Crippen LogP contribution in [0.3, 0.4) is 0 Å². The monoisotopic (exact) mass is 515 g/mol. The molecule has 0 spiro atoms. The molecule has 0 radical (unpaired) electrons. The van der Waals surface area contributed by atoms with Crippen molar-refractivity contribution in [2.24, 2.45) is 5.92 Å². The van der Waals surface area contributed by atoms with Gasteiger partial charge in [0, 0.05) is 6.54 Å². The zero-order chi connectivity index (χ0) is 26.8. The van der Waals surface area contributed by atoms with E-state index < -0.39 is 23.8 Å². The first kappa shape index (κ1) is 25.1. The predicted molar refractivity (Wildman–Crippen MR) is 142 cm³/mol. The summed E-state index contributed by atoms with van der Waals surface area (Å²) in [6, 6.07) is 19.8. The van der Waals surface area contributed by atoms with Crippen LogP contribution >= 0.6 is 0 Å². The molecule has 0 unspecified atom stereocenters. The van der Waals surface area contributed by atoms with Crippen LogP contribution < -0.4 is 14.4 Å². The number of hydrogen-bond donors (Lipinski definition) is 1. The van der Waals surface area contributed by atoms with Gasteiger partial charge in [0.1, 0.15) is 0 Å². The van der Waals surface area contributed by atoms with E-state index in [-0.39, 0.29) is 23.9 Å². The average Bonchev–Trinajstić information content (AvgIpc) is 3.32. The van der Waals surface area contributed by atoms with E-state index in [0.29, 0.717) is 30.0 Å². The van der Waals surface area contributed by atoms with Gasteiger partial charge in [0.2, 0.25) is 17.6 Å². The standard InChI is InChI=1S/C29H29N3O6/c1-4-38-28(35)24-25(19-16-22(36-2)26(33)23(17-19)37-3)32-21-13-9-8-12-20(21)30-29(32)31(27(24)34)15-14-18-10-6-5-7-11-18/h5-13,16-17,24-25,33H,4,14-15H2,1-3H3/t24-,25+/m0/s1. The van der Waals surface area contributed by atoms with Gasteiger partial charge in [0.05, 0.1) is 37.9 Å². The first-order chi connectivity index (χ1) is 18.5. The molecule has 3 aromatic carbocycles. The highest BCUT2D eigenvalue weighted by Gasteiger charge is 2.48. The van der Waals surface area contributed by atoms with Crippen LogP contribution in [0.5, 0.6) is 17.2 Å². The molecular formula is C29H29N3O6. The number of ether oxygens (including phenoxy) is 3. The number of benzene rings is 3. The fraction of sp³-hybridized carbons (Fsp3) is 0.276. The summed E-state index contributed by atoms with van der Waals surface area (Å²) in [5, 5.41) is 10.5. The number of imidazole rings is 1. The van der Waals surface area contributed by atoms with E-state index in [1.165, 1.54) is 14.2 Å². The molecule has 196 valence electrons. The molecule has 1 aliphatic heterocycles. The van der Waals surface area contributed by atoms with Gasteiger partial charge in [-0.25, -0.2) is 4.98 Å². The summed E-state index contributed by atoms with van der Waals surface area (Å²) in [6.07, 6.45) is 0.580. The van der Waals surface area contributed by atoms with E-state index in [1.54, 1.807) is 24.0 Å². The summed E-state index contributed by atoms with van der Waals surface area (Å²) >= 11 is 0. The zero-order valence-corrected chi connectivity index (χ0v) is 21.5. The number of aromatic nitrogens is 2. The van der Waals surface area contributed by atoms with Crippen LogP contribution in [-0.4, -0.2) is 53.9 Å². The number of anilines is 1. The maximum absolute atomic E-state index is 14.1. The number of aromatic hydroxyl groups is 1. The molecule has 0 aliphatic carbocycles. The Bertz CT molecular complexity index is 1460. The second-order valence-electron chi connectivity index (χ2n) is 8.94. The third-order valence-corrected chi connectivity index (χ3v) is 6.80. The maximum Gasteiger partial charge on any atom is 0.321 e. The molecular weight excluding hydrogens is 486 g/mol. The fourth-order valence-electron chi connectivity index (χ4n) is 5.03. The summed E-state index contributed by atoms with van der Waals surface area (Å²) < 4.78 is 18.1. The summed E-state index contributed by atoms with van der Waals surface area (Å²) in [7, 11) is 2.85. The van der Waals surface area contributed by atoms with Gasteiger partial charge in [-0.1, -0.05) is 42.5 Å². The number of nitrogens with zero attached hydrogens (tertiary/aromatic N) is 3. The normalized spacial score (nSPS) is 16.8. The number of esters is 1. The minimum absolute atomic E-state index is 0.124. The second-order valence-corrected chi connectivity index (χ2v) is 8.94. The van der Waals surface area contributed by atoms with Gasteiger partial charge in [0.25, 0.3) is 0 Å². The molecule has 0 saturated heterocycles. The molecule has 38 heavy (non-hydrogen) atoms. The molecule has 9 heteroatoms. The van der Waals surface area contributed by atoms with E-state index in [2.05, 4.69) is 0 Å². The van der Waals surface area contributed by atoms with Crippen molar-refractivity contribution in [2.45, 2.75) is 19.4 Å². The highest BCUT2D eigenvalue weighted by molar-refractivity contribution is 6.08. The highest BCUT2D eigenvalue weighted by Crippen LogP contribution is 2.46. The molecule has 1 aromatic heterocycles. The number of fused-ring (bicyclic) bond motifs is 3. The van der Waals surface area contributed by atoms with Gasteiger partial charge in [0.15, 0.2) is 17.4 Å². The fourth-order valence-corrected chi connectivity index (χ4v) is 5.03. The van der Waals surface area contributed by atoms with Crippen LogP contribution in [0.25, 0.3) is 11.0 Å². The smallest absolute Gasteiger partial charge is 0.321 e. The number of phenolic OH excluding ortho intramolecular Hbond substituents is 1. The van der Waals surface area contributed by atoms with Crippen molar-refractivity contribution < 1.29 is 28.9 Å². The molecule has 1 amide bonds. The summed E-state index contributed by atoms with van der Waals surface area (Å²) in [6.45, 7) is 2.16. The summed E-state index contributed by atoms with van der Waals surface area (Å²) in [4.78, 5) is 34.0. The van der Waals surface area contributed by atoms with Crippen LogP contribution in [0.1, 0.15) is 24.1 Å². The van der Waals surface area contributed by atoms with Crippen molar-refractivity contribution in [2.75, 3.05) is 32.3 Å². The minimum Gasteiger partial charge on any atom is -0.502 e. The number of carbonyl (C=O) groups is 2. The van der Waals surface area contributed by atoms with Crippen molar-refractivity contribution >= 4 is 28.9 Å². The van der Waals surface area contributed by atoms with E-state index in [4.69, 9.17) is 19.2 Å². The topological polar surface area (TPSA) is 103 Å². The lowest BCUT2D eigenvalue weighted by Crippen LogP contribution is -2.50. The number of phenols is 1. The van der Waals surface area contributed by atoms with E-state index >= 15 is 0 Å². The van der Waals surface area contributed by atoms with E-state index in [0.717, 1.165) is 11.1 Å². The Hall–Kier alpha value is -4.53. The maximum atomic E-state index is 14.1. The Morgan fingerprint density at radius 1 is 1.00 bits per heavy atom. The van der Waals surface area contributed by atoms with Gasteiger partial charge in [-0.3, -0.25) is 14.5 Å². The van der Waals surface area contributed by atoms with Gasteiger partial charge < -0.3 is 23.9 Å². The molecule has 2 atom stereocenters. The van der Waals surface area contributed by atoms with Crippen molar-refractivity contribution in [3.63, 3.8) is 0 Å². The molecule has 5 rings (SSSR count). The summed E-state index contributed by atoms with van der Waals surface area (Å²) in [5.41, 5.74) is 3.04. The number of methoxy groups -OCH3 is 2. The van der Waals surface area contributed by atoms with E-state index in [1.807, 2.05) is 59.2 Å². The van der Waals surface area contributed by atoms with Gasteiger partial charge in [-0.2, -0.15) is 0 Å². The largest absolute Gasteiger partial charge is 0.502 e. The minimum atomic E-state index is -1.20. The van der Waals surface area contributed by atoms with E-state index in [9.17, 15) is 14.7 Å². The predicted octanol–water partition coefficient (Wildman–Crippen LogP) is 4.12. The molecule has 0 fully saturated rings. The van der Waals surface area contributed by atoms with Crippen LogP contribution in [0, 0.1) is 5.92 Å². The summed E-state index contributed by atoms with van der Waals surface area (Å²) in [5.74, 6) is -1.66. The van der Waals surface area contributed by atoms with Crippen molar-refractivity contribution in [3.8, 4) is 17.2 Å². The number of carbonyl (C=O) groups excluding carboxylic acids is 2. The average molecular weight is 516 g/mol. The second kappa shape index (κ2) is 10.5. The van der Waals surface area contributed by atoms with Crippen molar-refractivity contribution in [1.29, 1.82) is 0 Å². The lowest BCUT2D eigenvalue weighted by molar-refractivity contribution is -0.153. The number of rotatable bonds is 8. The Kier molecular flexibility index (Phi) is 6.91. The third-order valence-electron chi connectivity index (χ3n) is 6.80. The van der Waals surface area contributed by atoms with Crippen LogP contribution in [0.2, 0.25) is 0 Å². The van der Waals surface area contributed by atoms with Gasteiger partial charge >= 0.3 is 5.97 Å². The van der Waals surface area contributed by atoms with Crippen molar-refractivity contribution in [1.82, 2.24) is 9.55 Å². The number of hydrogen-bond acceptors (Lipinski definition) is 7. The lowest BCUT2D eigenvalue weighted by Gasteiger charge is -2.38. The Morgan fingerprint density at radius 3 is 2.32 bits per heavy atom.